The zero-order valence-electron chi connectivity index (χ0n) is 10.0. The van der Waals surface area contributed by atoms with Gasteiger partial charge >= 0.3 is 0 Å². The average molecular weight is 269 g/mol. The van der Waals surface area contributed by atoms with Gasteiger partial charge in [0.2, 0.25) is 9.05 Å². The van der Waals surface area contributed by atoms with Crippen LogP contribution < -0.4 is 0 Å². The number of halogens is 1. The molecule has 5 heteroatoms. The largest absolute Gasteiger partial charge is 0.381 e. The van der Waals surface area contributed by atoms with Crippen molar-refractivity contribution in [2.24, 2.45) is 11.3 Å². The smallest absolute Gasteiger partial charge is 0.233 e. The van der Waals surface area contributed by atoms with Crippen molar-refractivity contribution in [3.05, 3.63) is 0 Å². The van der Waals surface area contributed by atoms with E-state index in [1.54, 1.807) is 0 Å². The molecule has 16 heavy (non-hydrogen) atoms. The summed E-state index contributed by atoms with van der Waals surface area (Å²) in [6.07, 6.45) is 5.09. The first-order chi connectivity index (χ1) is 7.29. The molecule has 0 heterocycles. The van der Waals surface area contributed by atoms with Crippen molar-refractivity contribution >= 4 is 19.7 Å². The van der Waals surface area contributed by atoms with Gasteiger partial charge in [-0.3, -0.25) is 0 Å². The quantitative estimate of drug-likeness (QED) is 0.527. The van der Waals surface area contributed by atoms with Crippen molar-refractivity contribution in [3.63, 3.8) is 0 Å². The van der Waals surface area contributed by atoms with Crippen LogP contribution in [0.1, 0.15) is 39.5 Å². The Bertz CT molecular complexity index is 307. The Balaban J connectivity index is 2.14. The Hall–Kier alpha value is 0.200. The molecular formula is C11H21ClO3S. The Kier molecular flexibility index (Phi) is 5.08. The summed E-state index contributed by atoms with van der Waals surface area (Å²) in [5.74, 6) is 0.796. The van der Waals surface area contributed by atoms with E-state index in [4.69, 9.17) is 15.4 Å². The Morgan fingerprint density at radius 1 is 1.38 bits per heavy atom. The van der Waals surface area contributed by atoms with E-state index in [0.29, 0.717) is 6.61 Å². The van der Waals surface area contributed by atoms with E-state index in [9.17, 15) is 8.42 Å². The minimum Gasteiger partial charge on any atom is -0.381 e. The van der Waals surface area contributed by atoms with Gasteiger partial charge in [-0.1, -0.05) is 33.1 Å². The standard InChI is InChI=1S/C11H21ClO3S/c1-11(2,9-16(12,13)14)8-15-7-6-10-4-3-5-10/h10H,3-9H2,1-2H3. The SMILES string of the molecule is CC(C)(COCCC1CCC1)CS(=O)(=O)Cl. The summed E-state index contributed by atoms with van der Waals surface area (Å²) in [4.78, 5) is 0. The van der Waals surface area contributed by atoms with Gasteiger partial charge in [-0.15, -0.1) is 0 Å². The van der Waals surface area contributed by atoms with Crippen LogP contribution in [0.3, 0.4) is 0 Å². The van der Waals surface area contributed by atoms with E-state index in [0.717, 1.165) is 18.9 Å². The van der Waals surface area contributed by atoms with Crippen LogP contribution in [0.15, 0.2) is 0 Å². The molecule has 1 aliphatic rings. The summed E-state index contributed by atoms with van der Waals surface area (Å²) < 4.78 is 27.4. The van der Waals surface area contributed by atoms with Gasteiger partial charge in [0.25, 0.3) is 0 Å². The molecule has 96 valence electrons. The van der Waals surface area contributed by atoms with Gasteiger partial charge in [0.05, 0.1) is 12.4 Å². The minimum atomic E-state index is -3.44. The summed E-state index contributed by atoms with van der Waals surface area (Å²) in [5, 5.41) is 0. The van der Waals surface area contributed by atoms with Gasteiger partial charge in [0, 0.05) is 22.7 Å². The van der Waals surface area contributed by atoms with Crippen LogP contribution >= 0.6 is 10.7 Å². The van der Waals surface area contributed by atoms with Crippen molar-refractivity contribution in [3.8, 4) is 0 Å². The first kappa shape index (κ1) is 14.3. The summed E-state index contributed by atoms with van der Waals surface area (Å²) >= 11 is 0. The molecule has 0 amide bonds. The number of rotatable bonds is 7. The maximum atomic E-state index is 11.0. The van der Waals surface area contributed by atoms with Gasteiger partial charge < -0.3 is 4.74 Å². The Morgan fingerprint density at radius 2 is 2.00 bits per heavy atom. The molecule has 0 radical (unpaired) electrons. The van der Waals surface area contributed by atoms with E-state index in [-0.39, 0.29) is 5.75 Å². The zero-order valence-corrected chi connectivity index (χ0v) is 11.6. The van der Waals surface area contributed by atoms with Crippen molar-refractivity contribution in [1.82, 2.24) is 0 Å². The van der Waals surface area contributed by atoms with E-state index >= 15 is 0 Å². The van der Waals surface area contributed by atoms with Crippen LogP contribution in [-0.4, -0.2) is 27.4 Å². The molecule has 3 nitrogen and oxygen atoms in total. The molecule has 0 aliphatic heterocycles. The molecule has 0 spiro atoms. The Labute approximate surface area is 103 Å². The predicted molar refractivity (Wildman–Crippen MR) is 66.2 cm³/mol. The van der Waals surface area contributed by atoms with Crippen LogP contribution in [0.5, 0.6) is 0 Å². The molecule has 1 aliphatic carbocycles. The number of ether oxygens (including phenoxy) is 1. The molecule has 0 aromatic rings. The van der Waals surface area contributed by atoms with Gasteiger partial charge in [-0.2, -0.15) is 0 Å². The summed E-state index contributed by atoms with van der Waals surface area (Å²) in [6.45, 7) is 4.90. The maximum absolute atomic E-state index is 11.0. The molecule has 0 bridgehead atoms. The molecule has 1 rings (SSSR count). The highest BCUT2D eigenvalue weighted by Gasteiger charge is 2.25. The molecule has 1 fully saturated rings. The van der Waals surface area contributed by atoms with Gasteiger partial charge in [-0.05, 0) is 12.3 Å². The summed E-state index contributed by atoms with van der Waals surface area (Å²) in [6, 6.07) is 0. The molecule has 1 saturated carbocycles. The minimum absolute atomic E-state index is 0.0367. The lowest BCUT2D eigenvalue weighted by atomic mass is 9.83. The third kappa shape index (κ3) is 6.06. The monoisotopic (exact) mass is 268 g/mol. The zero-order chi connectivity index (χ0) is 12.2. The molecule has 0 saturated heterocycles. The first-order valence-corrected chi connectivity index (χ1v) is 8.26. The topological polar surface area (TPSA) is 43.4 Å². The molecule has 0 unspecified atom stereocenters. The fourth-order valence-corrected chi connectivity index (χ4v) is 3.79. The predicted octanol–water partition coefficient (Wildman–Crippen LogP) is 2.79. The van der Waals surface area contributed by atoms with E-state index < -0.39 is 14.5 Å². The van der Waals surface area contributed by atoms with Gasteiger partial charge in [0.1, 0.15) is 0 Å². The summed E-state index contributed by atoms with van der Waals surface area (Å²) in [7, 11) is 1.79. The van der Waals surface area contributed by atoms with E-state index in [1.165, 1.54) is 19.3 Å². The number of hydrogen-bond acceptors (Lipinski definition) is 3. The first-order valence-electron chi connectivity index (χ1n) is 5.79. The molecule has 0 aromatic heterocycles. The molecule has 0 atom stereocenters. The lowest BCUT2D eigenvalue weighted by Gasteiger charge is -2.27. The fourth-order valence-electron chi connectivity index (χ4n) is 1.89. The highest BCUT2D eigenvalue weighted by molar-refractivity contribution is 8.13. The van der Waals surface area contributed by atoms with Crippen LogP contribution in [0.25, 0.3) is 0 Å². The average Bonchev–Trinajstić information content (AvgIpc) is 1.95. The van der Waals surface area contributed by atoms with Crippen LogP contribution in [-0.2, 0) is 13.8 Å². The van der Waals surface area contributed by atoms with Crippen LogP contribution in [0.2, 0.25) is 0 Å². The fraction of sp³-hybridized carbons (Fsp3) is 1.00. The van der Waals surface area contributed by atoms with Crippen LogP contribution in [0, 0.1) is 11.3 Å². The molecular weight excluding hydrogens is 248 g/mol. The molecule has 0 N–H and O–H groups in total. The highest BCUT2D eigenvalue weighted by atomic mass is 35.7. The second-order valence-corrected chi connectivity index (χ2v) is 8.26. The third-order valence-electron chi connectivity index (χ3n) is 2.95. The lowest BCUT2D eigenvalue weighted by molar-refractivity contribution is 0.0568. The van der Waals surface area contributed by atoms with Gasteiger partial charge in [0.15, 0.2) is 0 Å². The van der Waals surface area contributed by atoms with Gasteiger partial charge in [-0.25, -0.2) is 8.42 Å². The maximum Gasteiger partial charge on any atom is 0.233 e. The molecule has 0 aromatic carbocycles. The Morgan fingerprint density at radius 3 is 2.44 bits per heavy atom. The van der Waals surface area contributed by atoms with Crippen molar-refractivity contribution < 1.29 is 13.2 Å². The second kappa shape index (κ2) is 5.69. The van der Waals surface area contributed by atoms with Crippen molar-refractivity contribution in [2.75, 3.05) is 19.0 Å². The number of hydrogen-bond donors (Lipinski definition) is 0. The van der Waals surface area contributed by atoms with E-state index in [1.807, 2.05) is 13.8 Å². The normalized spacial score (nSPS) is 18.4. The van der Waals surface area contributed by atoms with Crippen molar-refractivity contribution in [1.29, 1.82) is 0 Å². The third-order valence-corrected chi connectivity index (χ3v) is 4.40. The highest BCUT2D eigenvalue weighted by Crippen LogP contribution is 2.29. The van der Waals surface area contributed by atoms with E-state index in [2.05, 4.69) is 0 Å². The summed E-state index contributed by atoms with van der Waals surface area (Å²) in [5.41, 5.74) is -0.403. The second-order valence-electron chi connectivity index (χ2n) is 5.49. The lowest BCUT2D eigenvalue weighted by Crippen LogP contribution is -2.27. The van der Waals surface area contributed by atoms with Crippen LogP contribution in [0.4, 0.5) is 0 Å². The van der Waals surface area contributed by atoms with Crippen molar-refractivity contribution in [2.45, 2.75) is 39.5 Å².